The van der Waals surface area contributed by atoms with Gasteiger partial charge in [-0.3, -0.25) is 0 Å². The topological polar surface area (TPSA) is 44.3 Å². The number of ether oxygens (including phenoxy) is 3. The molecule has 0 saturated heterocycles. The minimum Gasteiger partial charge on any atom is -0.490 e. The molecule has 4 heteroatoms. The van der Waals surface area contributed by atoms with E-state index in [1.165, 1.54) is 6.42 Å². The fraction of sp³-hybridized carbons (Fsp3) is 0.625. The maximum Gasteiger partial charge on any atom is 0.161 e. The summed E-state index contributed by atoms with van der Waals surface area (Å²) < 4.78 is 16.7. The van der Waals surface area contributed by atoms with Crippen molar-refractivity contribution in [2.75, 3.05) is 33.0 Å². The molecule has 0 heterocycles. The van der Waals surface area contributed by atoms with Crippen molar-refractivity contribution in [3.63, 3.8) is 0 Å². The van der Waals surface area contributed by atoms with Gasteiger partial charge in [0.15, 0.2) is 11.5 Å². The van der Waals surface area contributed by atoms with E-state index in [0.29, 0.717) is 25.9 Å². The lowest BCUT2D eigenvalue weighted by atomic mass is 10.3. The van der Waals surface area contributed by atoms with Gasteiger partial charge in [-0.2, -0.15) is 0 Å². The molecule has 0 aliphatic heterocycles. The molecule has 0 saturated carbocycles. The molecule has 1 rings (SSSR count). The summed E-state index contributed by atoms with van der Waals surface area (Å²) in [5, 5.41) is 2.31. The van der Waals surface area contributed by atoms with E-state index in [4.69, 9.17) is 14.2 Å². The van der Waals surface area contributed by atoms with Crippen molar-refractivity contribution in [1.82, 2.24) is 0 Å². The van der Waals surface area contributed by atoms with Gasteiger partial charge in [-0.05, 0) is 32.4 Å². The number of benzene rings is 1. The normalized spacial score (nSPS) is 12.2. The second-order valence-corrected chi connectivity index (χ2v) is 4.75. The van der Waals surface area contributed by atoms with Gasteiger partial charge in [0.05, 0.1) is 32.4 Å². The molecule has 1 aromatic carbocycles. The Hall–Kier alpha value is -1.26. The number of hydrogen-bond acceptors (Lipinski definition) is 3. The van der Waals surface area contributed by atoms with E-state index in [2.05, 4.69) is 19.2 Å². The summed E-state index contributed by atoms with van der Waals surface area (Å²) in [5.74, 6) is 1.57. The summed E-state index contributed by atoms with van der Waals surface area (Å²) in [6, 6.07) is 8.40. The molecule has 0 fully saturated rings. The van der Waals surface area contributed by atoms with Crippen LogP contribution in [0.3, 0.4) is 0 Å². The minimum absolute atomic E-state index is 0.549. The molecule has 114 valence electrons. The molecule has 0 unspecified atom stereocenters. The molecular weight excluding hydrogens is 254 g/mol. The zero-order valence-corrected chi connectivity index (χ0v) is 12.9. The van der Waals surface area contributed by atoms with Crippen LogP contribution in [0.1, 0.15) is 27.2 Å². The van der Waals surface area contributed by atoms with Crippen molar-refractivity contribution in [2.45, 2.75) is 33.2 Å². The molecule has 0 aliphatic carbocycles. The highest BCUT2D eigenvalue weighted by molar-refractivity contribution is 5.39. The third kappa shape index (κ3) is 6.78. The standard InChI is InChI=1S/C16H27NO3/c1-4-14(3)17-10-11-18-12-13-20-16-9-7-6-8-15(16)19-5-2/h6-9,14,17H,4-5,10-13H2,1-3H3/p+1/t14-/m0/s1. The lowest BCUT2D eigenvalue weighted by molar-refractivity contribution is -0.687. The lowest BCUT2D eigenvalue weighted by Gasteiger charge is -2.12. The van der Waals surface area contributed by atoms with E-state index < -0.39 is 0 Å². The van der Waals surface area contributed by atoms with Crippen molar-refractivity contribution in [3.05, 3.63) is 24.3 Å². The fourth-order valence-electron chi connectivity index (χ4n) is 1.76. The Labute approximate surface area is 122 Å². The molecule has 0 radical (unpaired) electrons. The van der Waals surface area contributed by atoms with Gasteiger partial charge in [0.25, 0.3) is 0 Å². The SMILES string of the molecule is CCOc1ccccc1OCCOCC[NH2+][C@@H](C)CC. The van der Waals surface area contributed by atoms with Crippen LogP contribution in [0.25, 0.3) is 0 Å². The van der Waals surface area contributed by atoms with Crippen LogP contribution in [0.15, 0.2) is 24.3 Å². The summed E-state index contributed by atoms with van der Waals surface area (Å²) in [4.78, 5) is 0. The van der Waals surface area contributed by atoms with Gasteiger partial charge in [-0.25, -0.2) is 0 Å². The van der Waals surface area contributed by atoms with Crippen LogP contribution in [0.2, 0.25) is 0 Å². The van der Waals surface area contributed by atoms with Crippen LogP contribution >= 0.6 is 0 Å². The minimum atomic E-state index is 0.549. The Morgan fingerprint density at radius 3 is 2.35 bits per heavy atom. The molecule has 4 nitrogen and oxygen atoms in total. The quantitative estimate of drug-likeness (QED) is 0.630. The number of nitrogens with two attached hydrogens (primary N) is 1. The fourth-order valence-corrected chi connectivity index (χ4v) is 1.76. The Morgan fingerprint density at radius 1 is 1.00 bits per heavy atom. The van der Waals surface area contributed by atoms with Gasteiger partial charge < -0.3 is 19.5 Å². The zero-order valence-electron chi connectivity index (χ0n) is 12.9. The van der Waals surface area contributed by atoms with Crippen LogP contribution in [0, 0.1) is 0 Å². The Morgan fingerprint density at radius 2 is 1.70 bits per heavy atom. The summed E-state index contributed by atoms with van der Waals surface area (Å²) in [6.07, 6.45) is 1.19. The number of rotatable bonds is 11. The number of quaternary nitrogens is 1. The molecule has 2 N–H and O–H groups in total. The summed E-state index contributed by atoms with van der Waals surface area (Å²) in [6.45, 7) is 9.96. The predicted molar refractivity (Wildman–Crippen MR) is 80.5 cm³/mol. The highest BCUT2D eigenvalue weighted by Crippen LogP contribution is 2.26. The maximum atomic E-state index is 5.68. The van der Waals surface area contributed by atoms with Crippen LogP contribution in [-0.4, -0.2) is 39.0 Å². The first-order valence-electron chi connectivity index (χ1n) is 7.53. The molecule has 0 aliphatic rings. The van der Waals surface area contributed by atoms with Crippen LogP contribution in [-0.2, 0) is 4.74 Å². The third-order valence-electron chi connectivity index (χ3n) is 3.11. The number of hydrogen-bond donors (Lipinski definition) is 1. The molecular formula is C16H28NO3+. The highest BCUT2D eigenvalue weighted by atomic mass is 16.5. The van der Waals surface area contributed by atoms with Crippen molar-refractivity contribution in [1.29, 1.82) is 0 Å². The first-order chi connectivity index (χ1) is 9.77. The third-order valence-corrected chi connectivity index (χ3v) is 3.11. The van der Waals surface area contributed by atoms with E-state index in [0.717, 1.165) is 24.7 Å². The first-order valence-corrected chi connectivity index (χ1v) is 7.53. The molecule has 0 bridgehead atoms. The van der Waals surface area contributed by atoms with Crippen molar-refractivity contribution in [2.24, 2.45) is 0 Å². The zero-order chi connectivity index (χ0) is 14.6. The monoisotopic (exact) mass is 282 g/mol. The van der Waals surface area contributed by atoms with E-state index >= 15 is 0 Å². The van der Waals surface area contributed by atoms with Gasteiger partial charge in [-0.1, -0.05) is 19.1 Å². The van der Waals surface area contributed by atoms with Crippen LogP contribution in [0.4, 0.5) is 0 Å². The number of para-hydroxylation sites is 2. The van der Waals surface area contributed by atoms with Crippen LogP contribution < -0.4 is 14.8 Å². The van der Waals surface area contributed by atoms with Crippen LogP contribution in [0.5, 0.6) is 11.5 Å². The average Bonchev–Trinajstić information content (AvgIpc) is 2.47. The molecule has 1 aromatic rings. The largest absolute Gasteiger partial charge is 0.490 e. The highest BCUT2D eigenvalue weighted by Gasteiger charge is 2.03. The molecule has 0 amide bonds. The second kappa shape index (κ2) is 10.5. The lowest BCUT2D eigenvalue weighted by Crippen LogP contribution is -2.90. The van der Waals surface area contributed by atoms with Gasteiger partial charge in [-0.15, -0.1) is 0 Å². The van der Waals surface area contributed by atoms with E-state index in [9.17, 15) is 0 Å². The Balaban J connectivity index is 2.12. The molecule has 20 heavy (non-hydrogen) atoms. The van der Waals surface area contributed by atoms with E-state index in [1.54, 1.807) is 0 Å². The molecule has 0 aromatic heterocycles. The first kappa shape index (κ1) is 16.8. The molecule has 1 atom stereocenters. The van der Waals surface area contributed by atoms with E-state index in [1.807, 2.05) is 31.2 Å². The van der Waals surface area contributed by atoms with Gasteiger partial charge in [0, 0.05) is 0 Å². The van der Waals surface area contributed by atoms with Gasteiger partial charge >= 0.3 is 0 Å². The van der Waals surface area contributed by atoms with Crippen molar-refractivity contribution in [3.8, 4) is 11.5 Å². The predicted octanol–water partition coefficient (Wildman–Crippen LogP) is 1.84. The molecule has 0 spiro atoms. The van der Waals surface area contributed by atoms with Crippen molar-refractivity contribution >= 4 is 0 Å². The summed E-state index contributed by atoms with van der Waals surface area (Å²) in [5.41, 5.74) is 0. The average molecular weight is 282 g/mol. The Kier molecular flexibility index (Phi) is 8.83. The van der Waals surface area contributed by atoms with E-state index in [-0.39, 0.29) is 0 Å². The summed E-state index contributed by atoms with van der Waals surface area (Å²) >= 11 is 0. The van der Waals surface area contributed by atoms with Gasteiger partial charge in [0.1, 0.15) is 6.61 Å². The smallest absolute Gasteiger partial charge is 0.161 e. The van der Waals surface area contributed by atoms with Gasteiger partial charge in [0.2, 0.25) is 0 Å². The maximum absolute atomic E-state index is 5.68. The van der Waals surface area contributed by atoms with Crippen molar-refractivity contribution < 1.29 is 19.5 Å². The summed E-state index contributed by atoms with van der Waals surface area (Å²) in [7, 11) is 0. The second-order valence-electron chi connectivity index (χ2n) is 4.75. The Bertz CT molecular complexity index is 357.